The first-order valence-corrected chi connectivity index (χ1v) is 8.06. The summed E-state index contributed by atoms with van der Waals surface area (Å²) in [6.07, 6.45) is 7.23. The minimum Gasteiger partial charge on any atom is -0.198 e. The predicted molar refractivity (Wildman–Crippen MR) is 85.1 cm³/mol. The molecule has 0 bridgehead atoms. The molecule has 21 heavy (non-hydrogen) atoms. The summed E-state index contributed by atoms with van der Waals surface area (Å²) in [4.78, 5) is 0. The Morgan fingerprint density at radius 2 is 1.95 bits per heavy atom. The van der Waals surface area contributed by atoms with Crippen LogP contribution in [0.15, 0.2) is 18.2 Å². The highest BCUT2D eigenvalue weighted by Crippen LogP contribution is 2.38. The van der Waals surface area contributed by atoms with Crippen molar-refractivity contribution in [1.29, 1.82) is 10.5 Å². The third-order valence-corrected chi connectivity index (χ3v) is 4.99. The van der Waals surface area contributed by atoms with Crippen LogP contribution < -0.4 is 0 Å². The Bertz CT molecular complexity index is 576. The number of halogens is 1. The van der Waals surface area contributed by atoms with Crippen molar-refractivity contribution in [2.24, 2.45) is 0 Å². The highest BCUT2D eigenvalue weighted by atomic mass is 35.5. The van der Waals surface area contributed by atoms with Gasteiger partial charge in [0.2, 0.25) is 0 Å². The molecule has 0 amide bonds. The quantitative estimate of drug-likeness (QED) is 0.740. The molecule has 0 radical (unpaired) electrons. The van der Waals surface area contributed by atoms with Gasteiger partial charge in [-0.2, -0.15) is 10.5 Å². The van der Waals surface area contributed by atoms with Crippen LogP contribution in [0.5, 0.6) is 0 Å². The summed E-state index contributed by atoms with van der Waals surface area (Å²) in [6, 6.07) is 10.5. The van der Waals surface area contributed by atoms with Crippen molar-refractivity contribution in [3.8, 4) is 12.1 Å². The SMILES string of the molecule is CC(C#N)(CCC#N)c1ccc(C2CCCCC2)c(Cl)c1. The van der Waals surface area contributed by atoms with E-state index in [9.17, 15) is 5.26 Å². The summed E-state index contributed by atoms with van der Waals surface area (Å²) in [5, 5.41) is 19.0. The minimum absolute atomic E-state index is 0.381. The summed E-state index contributed by atoms with van der Waals surface area (Å²) in [5.41, 5.74) is 1.51. The summed E-state index contributed by atoms with van der Waals surface area (Å²) in [5.74, 6) is 0.563. The Morgan fingerprint density at radius 1 is 1.24 bits per heavy atom. The molecule has 1 aromatic rings. The molecule has 1 unspecified atom stereocenters. The van der Waals surface area contributed by atoms with E-state index in [1.54, 1.807) is 0 Å². The fourth-order valence-corrected chi connectivity index (χ4v) is 3.52. The molecule has 1 saturated carbocycles. The number of nitrogens with zero attached hydrogens (tertiary/aromatic N) is 2. The Kier molecular flexibility index (Phi) is 5.27. The highest BCUT2D eigenvalue weighted by molar-refractivity contribution is 6.31. The first-order valence-electron chi connectivity index (χ1n) is 7.69. The lowest BCUT2D eigenvalue weighted by Gasteiger charge is -2.25. The van der Waals surface area contributed by atoms with Crippen LogP contribution in [0, 0.1) is 22.7 Å². The van der Waals surface area contributed by atoms with Crippen molar-refractivity contribution >= 4 is 11.6 Å². The van der Waals surface area contributed by atoms with Crippen LogP contribution in [0.3, 0.4) is 0 Å². The van der Waals surface area contributed by atoms with Crippen LogP contribution in [0.2, 0.25) is 5.02 Å². The topological polar surface area (TPSA) is 47.6 Å². The Morgan fingerprint density at radius 3 is 2.52 bits per heavy atom. The molecule has 0 N–H and O–H groups in total. The third kappa shape index (κ3) is 3.58. The number of hydrogen-bond donors (Lipinski definition) is 0. The Hall–Kier alpha value is -1.51. The van der Waals surface area contributed by atoms with Crippen LogP contribution >= 0.6 is 11.6 Å². The average Bonchev–Trinajstić information content (AvgIpc) is 2.53. The van der Waals surface area contributed by atoms with Gasteiger partial charge in [-0.1, -0.05) is 43.0 Å². The van der Waals surface area contributed by atoms with Crippen LogP contribution in [0.25, 0.3) is 0 Å². The smallest absolute Gasteiger partial charge is 0.0804 e. The molecule has 1 fully saturated rings. The molecular weight excluding hydrogens is 280 g/mol. The summed E-state index contributed by atoms with van der Waals surface area (Å²) >= 11 is 6.49. The van der Waals surface area contributed by atoms with Gasteiger partial charge in [0.25, 0.3) is 0 Å². The van der Waals surface area contributed by atoms with Crippen molar-refractivity contribution in [2.75, 3.05) is 0 Å². The van der Waals surface area contributed by atoms with E-state index in [2.05, 4.69) is 18.2 Å². The lowest BCUT2D eigenvalue weighted by Crippen LogP contribution is -2.19. The van der Waals surface area contributed by atoms with Gasteiger partial charge in [-0.25, -0.2) is 0 Å². The lowest BCUT2D eigenvalue weighted by atomic mass is 9.78. The van der Waals surface area contributed by atoms with Gasteiger partial charge in [-0.05, 0) is 49.3 Å². The van der Waals surface area contributed by atoms with Gasteiger partial charge in [-0.3, -0.25) is 0 Å². The van der Waals surface area contributed by atoms with Gasteiger partial charge in [0.1, 0.15) is 0 Å². The molecule has 1 aliphatic carbocycles. The first kappa shape index (κ1) is 15.9. The second-order valence-electron chi connectivity index (χ2n) is 6.17. The van der Waals surface area contributed by atoms with Gasteiger partial charge in [-0.15, -0.1) is 0 Å². The maximum absolute atomic E-state index is 9.47. The van der Waals surface area contributed by atoms with E-state index in [-0.39, 0.29) is 0 Å². The van der Waals surface area contributed by atoms with Crippen molar-refractivity contribution in [3.63, 3.8) is 0 Å². The molecule has 1 aliphatic rings. The van der Waals surface area contributed by atoms with Crippen molar-refractivity contribution < 1.29 is 0 Å². The summed E-state index contributed by atoms with van der Waals surface area (Å²) < 4.78 is 0. The van der Waals surface area contributed by atoms with Crippen LogP contribution in [-0.2, 0) is 5.41 Å². The van der Waals surface area contributed by atoms with Gasteiger partial charge in [0.15, 0.2) is 0 Å². The molecule has 2 nitrogen and oxygen atoms in total. The summed E-state index contributed by atoms with van der Waals surface area (Å²) in [6.45, 7) is 1.89. The zero-order valence-electron chi connectivity index (χ0n) is 12.5. The van der Waals surface area contributed by atoms with E-state index in [1.165, 1.54) is 37.7 Å². The zero-order valence-corrected chi connectivity index (χ0v) is 13.3. The van der Waals surface area contributed by atoms with Gasteiger partial charge in [0.05, 0.1) is 17.6 Å². The molecule has 0 spiro atoms. The molecule has 2 rings (SSSR count). The number of rotatable bonds is 4. The van der Waals surface area contributed by atoms with Crippen LogP contribution in [-0.4, -0.2) is 0 Å². The molecule has 0 heterocycles. The first-order chi connectivity index (χ1) is 10.1. The predicted octanol–water partition coefficient (Wildman–Crippen LogP) is 5.47. The van der Waals surface area contributed by atoms with Gasteiger partial charge >= 0.3 is 0 Å². The molecule has 0 aliphatic heterocycles. The number of nitriles is 2. The molecule has 3 heteroatoms. The third-order valence-electron chi connectivity index (χ3n) is 4.67. The normalized spacial score (nSPS) is 18.5. The number of benzene rings is 1. The maximum Gasteiger partial charge on any atom is 0.0804 e. The van der Waals surface area contributed by atoms with Crippen molar-refractivity contribution in [2.45, 2.75) is 63.2 Å². The average molecular weight is 301 g/mol. The fourth-order valence-electron chi connectivity index (χ4n) is 3.19. The zero-order chi connectivity index (χ0) is 15.3. The van der Waals surface area contributed by atoms with E-state index in [1.807, 2.05) is 19.1 Å². The van der Waals surface area contributed by atoms with Crippen LogP contribution in [0.4, 0.5) is 0 Å². The van der Waals surface area contributed by atoms with E-state index in [4.69, 9.17) is 16.9 Å². The van der Waals surface area contributed by atoms with Gasteiger partial charge in [0, 0.05) is 11.4 Å². The summed E-state index contributed by atoms with van der Waals surface area (Å²) in [7, 11) is 0. The second-order valence-corrected chi connectivity index (χ2v) is 6.58. The van der Waals surface area contributed by atoms with Gasteiger partial charge < -0.3 is 0 Å². The lowest BCUT2D eigenvalue weighted by molar-refractivity contribution is 0.443. The van der Waals surface area contributed by atoms with E-state index in [0.717, 1.165) is 10.6 Å². The fraction of sp³-hybridized carbons (Fsp3) is 0.556. The van der Waals surface area contributed by atoms with E-state index in [0.29, 0.717) is 18.8 Å². The Balaban J connectivity index is 2.25. The molecule has 0 saturated heterocycles. The molecular formula is C18H21ClN2. The van der Waals surface area contributed by atoms with E-state index < -0.39 is 5.41 Å². The highest BCUT2D eigenvalue weighted by Gasteiger charge is 2.27. The standard InChI is InChI=1S/C18H21ClN2/c1-18(13-21,10-5-11-20)15-8-9-16(17(19)12-15)14-6-3-2-4-7-14/h8-9,12,14H,2-7,10H2,1H3. The van der Waals surface area contributed by atoms with Crippen LogP contribution in [0.1, 0.15) is 68.9 Å². The molecule has 110 valence electrons. The Labute approximate surface area is 132 Å². The van der Waals surface area contributed by atoms with Crippen molar-refractivity contribution in [1.82, 2.24) is 0 Å². The monoisotopic (exact) mass is 300 g/mol. The molecule has 0 aromatic heterocycles. The second kappa shape index (κ2) is 6.97. The maximum atomic E-state index is 9.47. The minimum atomic E-state index is -0.634. The number of hydrogen-bond acceptors (Lipinski definition) is 2. The largest absolute Gasteiger partial charge is 0.198 e. The van der Waals surface area contributed by atoms with Crippen molar-refractivity contribution in [3.05, 3.63) is 34.3 Å². The molecule has 1 atom stereocenters. The van der Waals surface area contributed by atoms with E-state index >= 15 is 0 Å². The molecule has 1 aromatic carbocycles.